The molecule has 0 aliphatic heterocycles. The number of carbonyl (C=O) groups excluding carboxylic acids is 1. The molecule has 4 heteroatoms. The van der Waals surface area contributed by atoms with E-state index in [-0.39, 0.29) is 12.5 Å². The molecule has 0 fully saturated rings. The molecular weight excluding hydrogens is 615 g/mol. The van der Waals surface area contributed by atoms with Gasteiger partial charge in [-0.1, -0.05) is 176 Å². The first-order chi connectivity index (χ1) is 24.7. The highest BCUT2D eigenvalue weighted by atomic mass is 16.3. The third-order valence-corrected chi connectivity index (χ3v) is 8.84. The second kappa shape index (κ2) is 41.0. The average molecular weight is 694 g/mol. The van der Waals surface area contributed by atoms with Crippen molar-refractivity contribution in [1.29, 1.82) is 0 Å². The molecule has 3 N–H and O–H groups in total. The van der Waals surface area contributed by atoms with Crippen molar-refractivity contribution in [3.05, 3.63) is 85.1 Å². The van der Waals surface area contributed by atoms with Crippen molar-refractivity contribution in [1.82, 2.24) is 5.32 Å². The average Bonchev–Trinajstić information content (AvgIpc) is 3.12. The molecule has 2 unspecified atom stereocenters. The van der Waals surface area contributed by atoms with Crippen LogP contribution in [-0.2, 0) is 4.79 Å². The first-order valence-corrected chi connectivity index (χ1v) is 20.8. The van der Waals surface area contributed by atoms with Gasteiger partial charge in [0.15, 0.2) is 0 Å². The number of rotatable bonds is 36. The molecule has 50 heavy (non-hydrogen) atoms. The standard InChI is InChI=1S/C46H79NO3/c1-3-5-7-9-11-13-15-17-19-20-21-22-23-24-25-26-28-30-32-34-36-38-40-42-46(50)47-44(43-48)45(49)41-39-37-35-33-31-29-27-18-16-14-12-10-8-6-4-2/h5,7,11,13,16-19,21-22,31,33,39,41,44-45,48-49H,3-4,6,8-10,12,14-15,20,23-30,32,34-38,40,42-43H2,1-2H3,(H,47,50)/b7-5-,13-11-,18-16+,19-17-,22-21-,33-31+,41-39+. The summed E-state index contributed by atoms with van der Waals surface area (Å²) in [7, 11) is 0. The van der Waals surface area contributed by atoms with Gasteiger partial charge in [-0.15, -0.1) is 0 Å². The smallest absolute Gasteiger partial charge is 0.220 e. The summed E-state index contributed by atoms with van der Waals surface area (Å²) in [6, 6.07) is -0.651. The van der Waals surface area contributed by atoms with Crippen LogP contribution in [-0.4, -0.2) is 34.9 Å². The van der Waals surface area contributed by atoms with Crippen LogP contribution in [0.1, 0.15) is 181 Å². The zero-order valence-corrected chi connectivity index (χ0v) is 32.6. The van der Waals surface area contributed by atoms with Crippen molar-refractivity contribution in [2.75, 3.05) is 6.61 Å². The van der Waals surface area contributed by atoms with Crippen molar-refractivity contribution < 1.29 is 15.0 Å². The van der Waals surface area contributed by atoms with Crippen LogP contribution in [0.5, 0.6) is 0 Å². The maximum absolute atomic E-state index is 12.4. The van der Waals surface area contributed by atoms with E-state index in [9.17, 15) is 15.0 Å². The highest BCUT2D eigenvalue weighted by Gasteiger charge is 2.17. The Morgan fingerprint density at radius 2 is 0.900 bits per heavy atom. The van der Waals surface area contributed by atoms with E-state index in [0.717, 1.165) is 70.6 Å². The molecule has 0 aliphatic carbocycles. The van der Waals surface area contributed by atoms with Crippen molar-refractivity contribution in [3.63, 3.8) is 0 Å². The van der Waals surface area contributed by atoms with Gasteiger partial charge >= 0.3 is 0 Å². The summed E-state index contributed by atoms with van der Waals surface area (Å²) in [5.41, 5.74) is 0. The van der Waals surface area contributed by atoms with E-state index in [0.29, 0.717) is 6.42 Å². The lowest BCUT2D eigenvalue weighted by Gasteiger charge is -2.19. The van der Waals surface area contributed by atoms with Gasteiger partial charge in [0.1, 0.15) is 0 Å². The molecular formula is C46H79NO3. The molecule has 0 spiro atoms. The van der Waals surface area contributed by atoms with Crippen LogP contribution in [0.3, 0.4) is 0 Å². The van der Waals surface area contributed by atoms with E-state index >= 15 is 0 Å². The second-order valence-corrected chi connectivity index (χ2v) is 13.7. The van der Waals surface area contributed by atoms with Crippen molar-refractivity contribution in [3.8, 4) is 0 Å². The molecule has 0 rings (SSSR count). The Bertz CT molecular complexity index is 926. The topological polar surface area (TPSA) is 69.6 Å². The number of amides is 1. The van der Waals surface area contributed by atoms with E-state index in [1.165, 1.54) is 89.9 Å². The molecule has 0 heterocycles. The number of carbonyl (C=O) groups is 1. The fourth-order valence-corrected chi connectivity index (χ4v) is 5.67. The van der Waals surface area contributed by atoms with Crippen LogP contribution in [0.15, 0.2) is 85.1 Å². The number of unbranched alkanes of at least 4 members (excludes halogenated alkanes) is 17. The van der Waals surface area contributed by atoms with Crippen molar-refractivity contribution >= 4 is 5.91 Å². The zero-order valence-electron chi connectivity index (χ0n) is 32.6. The minimum Gasteiger partial charge on any atom is -0.394 e. The van der Waals surface area contributed by atoms with Crippen LogP contribution in [0, 0.1) is 0 Å². The van der Waals surface area contributed by atoms with Crippen molar-refractivity contribution in [2.24, 2.45) is 0 Å². The molecule has 0 aromatic heterocycles. The van der Waals surface area contributed by atoms with E-state index in [1.807, 2.05) is 6.08 Å². The quantitative estimate of drug-likeness (QED) is 0.0452. The molecule has 1 amide bonds. The predicted molar refractivity (Wildman–Crippen MR) is 220 cm³/mol. The van der Waals surface area contributed by atoms with Gasteiger partial charge in [-0.2, -0.15) is 0 Å². The maximum Gasteiger partial charge on any atom is 0.220 e. The Balaban J connectivity index is 3.67. The van der Waals surface area contributed by atoms with Gasteiger partial charge in [0, 0.05) is 6.42 Å². The first-order valence-electron chi connectivity index (χ1n) is 20.8. The van der Waals surface area contributed by atoms with Crippen LogP contribution < -0.4 is 5.32 Å². The summed E-state index contributed by atoms with van der Waals surface area (Å²) in [4.78, 5) is 12.4. The first kappa shape index (κ1) is 47.6. The molecule has 0 aromatic carbocycles. The van der Waals surface area contributed by atoms with Gasteiger partial charge < -0.3 is 15.5 Å². The van der Waals surface area contributed by atoms with E-state index in [1.54, 1.807) is 6.08 Å². The predicted octanol–water partition coefficient (Wildman–Crippen LogP) is 12.9. The third kappa shape index (κ3) is 36.8. The normalized spacial score (nSPS) is 13.9. The SMILES string of the molecule is CC/C=C\C/C=C\C/C=C\C/C=C\CCCCCCCCCCCCC(=O)NC(CO)C(O)/C=C/CC/C=C/CC/C=C/CCCCCCC. The molecule has 0 saturated carbocycles. The monoisotopic (exact) mass is 694 g/mol. The van der Waals surface area contributed by atoms with Crippen LogP contribution in [0.2, 0.25) is 0 Å². The Kier molecular flexibility index (Phi) is 39.0. The maximum atomic E-state index is 12.4. The summed E-state index contributed by atoms with van der Waals surface area (Å²) < 4.78 is 0. The molecule has 4 nitrogen and oxygen atoms in total. The van der Waals surface area contributed by atoms with E-state index in [4.69, 9.17) is 0 Å². The molecule has 0 aliphatic rings. The van der Waals surface area contributed by atoms with Crippen LogP contribution in [0.25, 0.3) is 0 Å². The Labute approximate surface area is 310 Å². The fraction of sp³-hybridized carbons (Fsp3) is 0.674. The number of allylic oxidation sites excluding steroid dienone is 13. The van der Waals surface area contributed by atoms with Crippen molar-refractivity contribution in [2.45, 2.75) is 193 Å². The van der Waals surface area contributed by atoms with Gasteiger partial charge in [0.05, 0.1) is 18.8 Å². The summed E-state index contributed by atoms with van der Waals surface area (Å²) >= 11 is 0. The second-order valence-electron chi connectivity index (χ2n) is 13.7. The highest BCUT2D eigenvalue weighted by molar-refractivity contribution is 5.76. The largest absolute Gasteiger partial charge is 0.394 e. The van der Waals surface area contributed by atoms with Gasteiger partial charge in [0.2, 0.25) is 5.91 Å². The molecule has 2 atom stereocenters. The van der Waals surface area contributed by atoms with E-state index < -0.39 is 12.1 Å². The van der Waals surface area contributed by atoms with E-state index in [2.05, 4.69) is 92.1 Å². The minimum atomic E-state index is -0.875. The van der Waals surface area contributed by atoms with Gasteiger partial charge in [-0.25, -0.2) is 0 Å². The summed E-state index contributed by atoms with van der Waals surface area (Å²) in [5.74, 6) is -0.0877. The fourth-order valence-electron chi connectivity index (χ4n) is 5.67. The number of aliphatic hydroxyl groups is 2. The summed E-state index contributed by atoms with van der Waals surface area (Å²) in [6.45, 7) is 4.15. The molecule has 286 valence electrons. The Morgan fingerprint density at radius 1 is 0.500 bits per heavy atom. The molecule has 0 bridgehead atoms. The number of hydrogen-bond donors (Lipinski definition) is 3. The Morgan fingerprint density at radius 3 is 1.40 bits per heavy atom. The zero-order chi connectivity index (χ0) is 36.4. The third-order valence-electron chi connectivity index (χ3n) is 8.84. The summed E-state index contributed by atoms with van der Waals surface area (Å²) in [6.07, 6.45) is 59.6. The lowest BCUT2D eigenvalue weighted by molar-refractivity contribution is -0.123. The summed E-state index contributed by atoms with van der Waals surface area (Å²) in [5, 5.41) is 22.9. The Hall–Kier alpha value is -2.43. The molecule has 0 radical (unpaired) electrons. The van der Waals surface area contributed by atoms with Gasteiger partial charge in [-0.3, -0.25) is 4.79 Å². The lowest BCUT2D eigenvalue weighted by atomic mass is 10.0. The van der Waals surface area contributed by atoms with Crippen LogP contribution >= 0.6 is 0 Å². The number of hydrogen-bond acceptors (Lipinski definition) is 3. The minimum absolute atomic E-state index is 0.0877. The highest BCUT2D eigenvalue weighted by Crippen LogP contribution is 2.13. The van der Waals surface area contributed by atoms with Gasteiger partial charge in [0.25, 0.3) is 0 Å². The lowest BCUT2D eigenvalue weighted by Crippen LogP contribution is -2.45. The van der Waals surface area contributed by atoms with Gasteiger partial charge in [-0.05, 0) is 83.5 Å². The number of nitrogens with one attached hydrogen (secondary N) is 1. The molecule has 0 aromatic rings. The molecule has 0 saturated heterocycles. The number of aliphatic hydroxyl groups excluding tert-OH is 2. The van der Waals surface area contributed by atoms with Crippen LogP contribution in [0.4, 0.5) is 0 Å².